The van der Waals surface area contributed by atoms with Gasteiger partial charge in [-0.3, -0.25) is 0 Å². The number of nitrogens with one attached hydrogen (secondary N) is 1. The SMILES string of the molecule is Cc1ccc(C2=CC3CCC(C2)N3)cc1C. The highest BCUT2D eigenvalue weighted by molar-refractivity contribution is 5.68. The van der Waals surface area contributed by atoms with Crippen LogP contribution in [0.25, 0.3) is 5.57 Å². The first kappa shape index (κ1) is 10.1. The van der Waals surface area contributed by atoms with E-state index < -0.39 is 0 Å². The van der Waals surface area contributed by atoms with Gasteiger partial charge >= 0.3 is 0 Å². The Balaban J connectivity index is 1.95. The van der Waals surface area contributed by atoms with E-state index in [1.807, 2.05) is 0 Å². The molecule has 0 aromatic heterocycles. The molecule has 84 valence electrons. The van der Waals surface area contributed by atoms with Gasteiger partial charge in [0.25, 0.3) is 0 Å². The van der Waals surface area contributed by atoms with Crippen LogP contribution in [0.15, 0.2) is 24.3 Å². The average Bonchev–Trinajstić information content (AvgIpc) is 2.62. The van der Waals surface area contributed by atoms with E-state index in [9.17, 15) is 0 Å². The van der Waals surface area contributed by atoms with Crippen molar-refractivity contribution in [2.45, 2.75) is 45.2 Å². The van der Waals surface area contributed by atoms with E-state index in [1.165, 1.54) is 36.0 Å². The van der Waals surface area contributed by atoms with Gasteiger partial charge in [-0.2, -0.15) is 0 Å². The van der Waals surface area contributed by atoms with Crippen LogP contribution < -0.4 is 5.32 Å². The fourth-order valence-electron chi connectivity index (χ4n) is 2.87. The number of fused-ring (bicyclic) bond motifs is 2. The fourth-order valence-corrected chi connectivity index (χ4v) is 2.87. The zero-order valence-electron chi connectivity index (χ0n) is 10.1. The van der Waals surface area contributed by atoms with Crippen LogP contribution in [0.1, 0.15) is 36.0 Å². The van der Waals surface area contributed by atoms with Gasteiger partial charge in [0, 0.05) is 12.1 Å². The maximum Gasteiger partial charge on any atom is 0.0259 e. The lowest BCUT2D eigenvalue weighted by molar-refractivity contribution is 0.575. The molecule has 2 bridgehead atoms. The first-order valence-electron chi connectivity index (χ1n) is 6.27. The molecule has 2 heterocycles. The molecular formula is C15H19N. The Kier molecular flexibility index (Phi) is 2.36. The van der Waals surface area contributed by atoms with E-state index in [1.54, 1.807) is 5.57 Å². The third kappa shape index (κ3) is 1.69. The van der Waals surface area contributed by atoms with Crippen molar-refractivity contribution in [3.8, 4) is 0 Å². The van der Waals surface area contributed by atoms with Crippen LogP contribution in [-0.2, 0) is 0 Å². The lowest BCUT2D eigenvalue weighted by atomic mass is 9.94. The van der Waals surface area contributed by atoms with Crippen LogP contribution in [0, 0.1) is 13.8 Å². The molecule has 0 radical (unpaired) electrons. The summed E-state index contributed by atoms with van der Waals surface area (Å²) < 4.78 is 0. The number of benzene rings is 1. The quantitative estimate of drug-likeness (QED) is 0.755. The van der Waals surface area contributed by atoms with Gasteiger partial charge in [-0.25, -0.2) is 0 Å². The fraction of sp³-hybridized carbons (Fsp3) is 0.467. The van der Waals surface area contributed by atoms with Crippen molar-refractivity contribution >= 4 is 5.57 Å². The highest BCUT2D eigenvalue weighted by atomic mass is 15.0. The number of hydrogen-bond acceptors (Lipinski definition) is 1. The molecule has 2 unspecified atom stereocenters. The summed E-state index contributed by atoms with van der Waals surface area (Å²) in [6.45, 7) is 4.38. The van der Waals surface area contributed by atoms with Gasteiger partial charge in [-0.15, -0.1) is 0 Å². The predicted molar refractivity (Wildman–Crippen MR) is 68.5 cm³/mol. The van der Waals surface area contributed by atoms with Crippen LogP contribution in [0.5, 0.6) is 0 Å². The lowest BCUT2D eigenvalue weighted by Crippen LogP contribution is -2.31. The molecule has 1 aromatic carbocycles. The molecule has 0 spiro atoms. The van der Waals surface area contributed by atoms with E-state index in [2.05, 4.69) is 43.4 Å². The van der Waals surface area contributed by atoms with Crippen LogP contribution in [-0.4, -0.2) is 12.1 Å². The Bertz CT molecular complexity index is 445. The zero-order chi connectivity index (χ0) is 11.1. The normalized spacial score (nSPS) is 28.0. The number of hydrogen-bond donors (Lipinski definition) is 1. The summed E-state index contributed by atoms with van der Waals surface area (Å²) in [5.74, 6) is 0. The van der Waals surface area contributed by atoms with Gasteiger partial charge in [0.2, 0.25) is 0 Å². The van der Waals surface area contributed by atoms with Gasteiger partial charge in [0.05, 0.1) is 0 Å². The van der Waals surface area contributed by atoms with Crippen molar-refractivity contribution in [3.63, 3.8) is 0 Å². The lowest BCUT2D eigenvalue weighted by Gasteiger charge is -2.22. The van der Waals surface area contributed by atoms with Gasteiger partial charge in [-0.05, 0) is 55.4 Å². The molecule has 1 heteroatoms. The molecule has 0 aliphatic carbocycles. The summed E-state index contributed by atoms with van der Waals surface area (Å²) >= 11 is 0. The van der Waals surface area contributed by atoms with Crippen molar-refractivity contribution in [3.05, 3.63) is 41.0 Å². The number of aryl methyl sites for hydroxylation is 2. The summed E-state index contributed by atoms with van der Waals surface area (Å²) in [4.78, 5) is 0. The topological polar surface area (TPSA) is 12.0 Å². The van der Waals surface area contributed by atoms with Crippen molar-refractivity contribution in [1.29, 1.82) is 0 Å². The summed E-state index contributed by atoms with van der Waals surface area (Å²) in [5, 5.41) is 3.64. The van der Waals surface area contributed by atoms with E-state index in [4.69, 9.17) is 0 Å². The second-order valence-corrected chi connectivity index (χ2v) is 5.24. The first-order chi connectivity index (χ1) is 7.72. The Labute approximate surface area is 97.6 Å². The molecule has 1 fully saturated rings. The average molecular weight is 213 g/mol. The van der Waals surface area contributed by atoms with Crippen LogP contribution in [0.3, 0.4) is 0 Å². The molecule has 16 heavy (non-hydrogen) atoms. The van der Waals surface area contributed by atoms with Crippen molar-refractivity contribution in [1.82, 2.24) is 5.32 Å². The summed E-state index contributed by atoms with van der Waals surface area (Å²) in [6, 6.07) is 8.22. The highest BCUT2D eigenvalue weighted by Gasteiger charge is 2.28. The summed E-state index contributed by atoms with van der Waals surface area (Å²) in [5.41, 5.74) is 5.78. The molecule has 1 aromatic rings. The van der Waals surface area contributed by atoms with E-state index >= 15 is 0 Å². The molecule has 1 nitrogen and oxygen atoms in total. The molecule has 0 saturated carbocycles. The maximum atomic E-state index is 3.64. The molecule has 2 aliphatic rings. The molecule has 2 aliphatic heterocycles. The standard InChI is InChI=1S/C15H19N/c1-10-3-4-12(7-11(10)2)13-8-14-5-6-15(9-13)16-14/h3-4,7-8,14-16H,5-6,9H2,1-2H3. The molecule has 1 saturated heterocycles. The number of rotatable bonds is 1. The van der Waals surface area contributed by atoms with Gasteiger partial charge in [-0.1, -0.05) is 24.3 Å². The Morgan fingerprint density at radius 1 is 1.12 bits per heavy atom. The third-order valence-corrected chi connectivity index (χ3v) is 4.02. The molecule has 1 N–H and O–H groups in total. The largest absolute Gasteiger partial charge is 0.307 e. The highest BCUT2D eigenvalue weighted by Crippen LogP contribution is 2.32. The summed E-state index contributed by atoms with van der Waals surface area (Å²) in [7, 11) is 0. The van der Waals surface area contributed by atoms with Crippen LogP contribution in [0.2, 0.25) is 0 Å². The van der Waals surface area contributed by atoms with Crippen molar-refractivity contribution < 1.29 is 0 Å². The smallest absolute Gasteiger partial charge is 0.0259 e. The minimum absolute atomic E-state index is 0.635. The van der Waals surface area contributed by atoms with E-state index in [0.717, 1.165) is 6.04 Å². The van der Waals surface area contributed by atoms with Gasteiger partial charge < -0.3 is 5.32 Å². The maximum absolute atomic E-state index is 3.64. The first-order valence-corrected chi connectivity index (χ1v) is 6.27. The van der Waals surface area contributed by atoms with Crippen molar-refractivity contribution in [2.75, 3.05) is 0 Å². The predicted octanol–water partition coefficient (Wildman–Crippen LogP) is 3.21. The zero-order valence-corrected chi connectivity index (χ0v) is 10.1. The minimum Gasteiger partial charge on any atom is -0.307 e. The van der Waals surface area contributed by atoms with Crippen molar-refractivity contribution in [2.24, 2.45) is 0 Å². The second kappa shape index (κ2) is 3.74. The molecular weight excluding hydrogens is 194 g/mol. The van der Waals surface area contributed by atoms with Gasteiger partial charge in [0.1, 0.15) is 0 Å². The third-order valence-electron chi connectivity index (χ3n) is 4.02. The Morgan fingerprint density at radius 3 is 2.75 bits per heavy atom. The minimum atomic E-state index is 0.635. The molecule has 0 amide bonds. The Hall–Kier alpha value is -1.08. The summed E-state index contributed by atoms with van der Waals surface area (Å²) in [6.07, 6.45) is 6.31. The second-order valence-electron chi connectivity index (χ2n) is 5.24. The molecule has 3 rings (SSSR count). The van der Waals surface area contributed by atoms with E-state index in [-0.39, 0.29) is 0 Å². The van der Waals surface area contributed by atoms with Crippen LogP contribution >= 0.6 is 0 Å². The van der Waals surface area contributed by atoms with E-state index in [0.29, 0.717) is 6.04 Å². The molecule has 2 atom stereocenters. The monoisotopic (exact) mass is 213 g/mol. The Morgan fingerprint density at radius 2 is 2.00 bits per heavy atom. The van der Waals surface area contributed by atoms with Gasteiger partial charge in [0.15, 0.2) is 0 Å². The van der Waals surface area contributed by atoms with Crippen LogP contribution in [0.4, 0.5) is 0 Å².